The van der Waals surface area contributed by atoms with Gasteiger partial charge in [0.1, 0.15) is 17.0 Å². The highest BCUT2D eigenvalue weighted by Gasteiger charge is 2.36. The predicted octanol–water partition coefficient (Wildman–Crippen LogP) is 7.77. The first-order valence-corrected chi connectivity index (χ1v) is 14.4. The average Bonchev–Trinajstić information content (AvgIpc) is 3.51. The van der Waals surface area contributed by atoms with Gasteiger partial charge in [-0.1, -0.05) is 77.7 Å². The Bertz CT molecular complexity index is 1910. The van der Waals surface area contributed by atoms with Crippen LogP contribution in [0.15, 0.2) is 106 Å². The van der Waals surface area contributed by atoms with Gasteiger partial charge in [-0.25, -0.2) is 0 Å². The molecule has 0 saturated carbocycles. The number of allylic oxidation sites excluding steroid dienone is 3. The van der Waals surface area contributed by atoms with Gasteiger partial charge in [0.2, 0.25) is 11.3 Å². The molecule has 0 spiro atoms. The van der Waals surface area contributed by atoms with Gasteiger partial charge in [-0.05, 0) is 48.2 Å². The van der Waals surface area contributed by atoms with E-state index in [4.69, 9.17) is 0 Å². The van der Waals surface area contributed by atoms with E-state index < -0.39 is 0 Å². The first-order valence-electron chi connectivity index (χ1n) is 12.8. The quantitative estimate of drug-likeness (QED) is 0.189. The standard InChI is InChI=1S/C32H24N2O2S2/c1-3-33-25-15-13-19-9-5-7-11-21(19)31(25)37-27(33)17-23-29(35)24(30(23)36)18-28-34(4-2)26-16-14-20-10-6-8-12-22(20)32(26)38-28/h5-18H,3-4H2,1-2H3/p+1. The molecule has 1 aliphatic carbocycles. The first kappa shape index (κ1) is 23.3. The summed E-state index contributed by atoms with van der Waals surface area (Å²) < 4.78 is 3.41. The van der Waals surface area contributed by atoms with Crippen LogP contribution in [-0.2, 0) is 11.3 Å². The Labute approximate surface area is 228 Å². The molecular formula is C32H25N2O2S2+. The first-order chi connectivity index (χ1) is 18.6. The number of nitrogens with zero attached hydrogens (tertiary/aromatic N) is 2. The minimum Gasteiger partial charge on any atom is -0.506 e. The Morgan fingerprint density at radius 2 is 1.61 bits per heavy atom. The number of aromatic nitrogens is 1. The second-order valence-electron chi connectivity index (χ2n) is 9.43. The van der Waals surface area contributed by atoms with Crippen molar-refractivity contribution in [1.29, 1.82) is 0 Å². The lowest BCUT2D eigenvalue weighted by Crippen LogP contribution is -2.34. The van der Waals surface area contributed by atoms with Crippen LogP contribution in [0.1, 0.15) is 18.9 Å². The van der Waals surface area contributed by atoms with Crippen LogP contribution in [0.4, 0.5) is 5.69 Å². The molecule has 0 fully saturated rings. The maximum atomic E-state index is 13.3. The Morgan fingerprint density at radius 3 is 2.34 bits per heavy atom. The molecule has 5 aromatic rings. The van der Waals surface area contributed by atoms with Crippen molar-refractivity contribution in [2.24, 2.45) is 0 Å². The number of Topliss-reactive ketones (excluding diaryl/α,β-unsaturated/α-hetero) is 1. The lowest BCUT2D eigenvalue weighted by molar-refractivity contribution is -0.665. The van der Waals surface area contributed by atoms with Gasteiger partial charge in [0, 0.05) is 29.0 Å². The summed E-state index contributed by atoms with van der Waals surface area (Å²) in [6.45, 7) is 5.77. The maximum absolute atomic E-state index is 13.3. The molecule has 1 N–H and O–H groups in total. The van der Waals surface area contributed by atoms with Crippen LogP contribution in [0.2, 0.25) is 0 Å². The van der Waals surface area contributed by atoms with Crippen molar-refractivity contribution < 1.29 is 14.5 Å². The van der Waals surface area contributed by atoms with E-state index in [1.54, 1.807) is 23.1 Å². The molecule has 1 aromatic heterocycles. The molecule has 4 aromatic carbocycles. The average molecular weight is 534 g/mol. The number of ketones is 1. The molecule has 4 nitrogen and oxygen atoms in total. The number of carbonyl (C=O) groups is 1. The van der Waals surface area contributed by atoms with E-state index in [1.807, 2.05) is 24.3 Å². The molecule has 0 atom stereocenters. The van der Waals surface area contributed by atoms with Gasteiger partial charge >= 0.3 is 0 Å². The number of thiazole rings is 1. The second kappa shape index (κ2) is 8.86. The van der Waals surface area contributed by atoms with Crippen LogP contribution < -0.4 is 9.47 Å². The van der Waals surface area contributed by atoms with Crippen molar-refractivity contribution in [3.8, 4) is 0 Å². The summed E-state index contributed by atoms with van der Waals surface area (Å²) in [7, 11) is 0. The molecule has 38 heavy (non-hydrogen) atoms. The van der Waals surface area contributed by atoms with Crippen LogP contribution in [0.5, 0.6) is 0 Å². The Morgan fingerprint density at radius 1 is 0.895 bits per heavy atom. The fourth-order valence-electron chi connectivity index (χ4n) is 5.48. The van der Waals surface area contributed by atoms with E-state index in [2.05, 4.69) is 84.0 Å². The molecule has 2 aliphatic rings. The summed E-state index contributed by atoms with van der Waals surface area (Å²) in [6, 6.07) is 25.3. The monoisotopic (exact) mass is 533 g/mol. The molecular weight excluding hydrogens is 508 g/mol. The minimum atomic E-state index is -0.113. The molecule has 0 radical (unpaired) electrons. The van der Waals surface area contributed by atoms with Gasteiger partial charge in [0.25, 0.3) is 5.01 Å². The number of aryl methyl sites for hydroxylation is 1. The number of carbonyl (C=O) groups excluding carboxylic acids is 1. The van der Waals surface area contributed by atoms with Crippen LogP contribution in [0.3, 0.4) is 0 Å². The minimum absolute atomic E-state index is 0.0740. The number of benzene rings is 4. The van der Waals surface area contributed by atoms with Crippen LogP contribution in [0, 0.1) is 0 Å². The molecule has 0 amide bonds. The highest BCUT2D eigenvalue weighted by molar-refractivity contribution is 8.04. The van der Waals surface area contributed by atoms with Gasteiger partial charge in [0.15, 0.2) is 0 Å². The highest BCUT2D eigenvalue weighted by atomic mass is 32.2. The summed E-state index contributed by atoms with van der Waals surface area (Å²) in [6.07, 6.45) is 3.70. The third-order valence-corrected chi connectivity index (χ3v) is 9.77. The van der Waals surface area contributed by atoms with E-state index >= 15 is 0 Å². The van der Waals surface area contributed by atoms with Crippen molar-refractivity contribution in [3.63, 3.8) is 0 Å². The van der Waals surface area contributed by atoms with Gasteiger partial charge in [-0.3, -0.25) is 4.79 Å². The number of anilines is 1. The SMILES string of the molecule is CCN1C(=CC2=C(O)C(=Cc3sc4c5ccccc5ccc4[n+]3CC)C2=O)Sc2c1ccc1ccccc21. The predicted molar refractivity (Wildman–Crippen MR) is 159 cm³/mol. The molecule has 0 bridgehead atoms. The number of hydrogen-bond donors (Lipinski definition) is 1. The highest BCUT2D eigenvalue weighted by Crippen LogP contribution is 2.50. The fraction of sp³-hybridized carbons (Fsp3) is 0.125. The molecule has 2 heterocycles. The Balaban J connectivity index is 1.29. The van der Waals surface area contributed by atoms with E-state index in [9.17, 15) is 9.90 Å². The third-order valence-electron chi connectivity index (χ3n) is 7.41. The van der Waals surface area contributed by atoms with Crippen LogP contribution >= 0.6 is 23.1 Å². The lowest BCUT2D eigenvalue weighted by Gasteiger charge is -2.22. The number of aliphatic hydroxyl groups is 1. The largest absolute Gasteiger partial charge is 0.506 e. The molecule has 1 aliphatic heterocycles. The van der Waals surface area contributed by atoms with E-state index in [0.717, 1.165) is 34.3 Å². The normalized spacial score (nSPS) is 17.4. The number of thioether (sulfide) groups is 1. The summed E-state index contributed by atoms with van der Waals surface area (Å²) in [5, 5.41) is 17.8. The lowest BCUT2D eigenvalue weighted by atomic mass is 9.88. The van der Waals surface area contributed by atoms with E-state index in [0.29, 0.717) is 11.1 Å². The van der Waals surface area contributed by atoms with Crippen LogP contribution in [-0.4, -0.2) is 17.4 Å². The van der Waals surface area contributed by atoms with E-state index in [-0.39, 0.29) is 11.5 Å². The van der Waals surface area contributed by atoms with Crippen molar-refractivity contribution in [3.05, 3.63) is 106 Å². The van der Waals surface area contributed by atoms with Gasteiger partial charge in [-0.15, -0.1) is 0 Å². The second-order valence-corrected chi connectivity index (χ2v) is 11.5. The number of fused-ring (bicyclic) bond motifs is 6. The zero-order chi connectivity index (χ0) is 26.0. The summed E-state index contributed by atoms with van der Waals surface area (Å²) in [5.74, 6) is -0.0395. The van der Waals surface area contributed by atoms with Crippen molar-refractivity contribution in [1.82, 2.24) is 0 Å². The fourth-order valence-corrected chi connectivity index (χ4v) is 8.09. The zero-order valence-electron chi connectivity index (χ0n) is 21.1. The van der Waals surface area contributed by atoms with E-state index in [1.165, 1.54) is 31.1 Å². The third kappa shape index (κ3) is 3.37. The summed E-state index contributed by atoms with van der Waals surface area (Å²) >= 11 is 3.33. The Hall–Kier alpha value is -3.87. The molecule has 0 unspecified atom stereocenters. The van der Waals surface area contributed by atoms with Gasteiger partial charge in [-0.2, -0.15) is 4.57 Å². The molecule has 7 rings (SSSR count). The van der Waals surface area contributed by atoms with Crippen LogP contribution in [0.25, 0.3) is 37.8 Å². The number of aliphatic hydroxyl groups excluding tert-OH is 1. The van der Waals surface area contributed by atoms with Gasteiger partial charge in [0.05, 0.1) is 21.9 Å². The number of hydrogen-bond acceptors (Lipinski definition) is 5. The molecule has 0 saturated heterocycles. The zero-order valence-corrected chi connectivity index (χ0v) is 22.7. The smallest absolute Gasteiger partial charge is 0.263 e. The van der Waals surface area contributed by atoms with Crippen molar-refractivity contribution in [2.45, 2.75) is 25.3 Å². The van der Waals surface area contributed by atoms with Crippen molar-refractivity contribution >= 4 is 72.4 Å². The molecule has 6 heteroatoms. The molecule has 186 valence electrons. The van der Waals surface area contributed by atoms with Gasteiger partial charge < -0.3 is 10.0 Å². The summed E-state index contributed by atoms with van der Waals surface area (Å²) in [4.78, 5) is 16.7. The topological polar surface area (TPSA) is 44.4 Å². The Kier molecular flexibility index (Phi) is 5.42. The number of rotatable bonds is 4. The van der Waals surface area contributed by atoms with Crippen molar-refractivity contribution in [2.75, 3.05) is 11.4 Å². The summed E-state index contributed by atoms with van der Waals surface area (Å²) in [5.41, 5.74) is 3.05. The maximum Gasteiger partial charge on any atom is 0.263 e.